The second kappa shape index (κ2) is 7.89. The lowest BCUT2D eigenvalue weighted by molar-refractivity contribution is -0.132. The number of hydrogen-bond donors (Lipinski definition) is 0. The Labute approximate surface area is 166 Å². The van der Waals surface area contributed by atoms with Gasteiger partial charge in [0.2, 0.25) is 5.91 Å². The first kappa shape index (κ1) is 18.3. The van der Waals surface area contributed by atoms with Crippen LogP contribution in [0.1, 0.15) is 11.4 Å². The molecule has 2 heterocycles. The molecule has 28 heavy (non-hydrogen) atoms. The molecule has 0 N–H and O–H groups in total. The largest absolute Gasteiger partial charge is 0.368 e. The monoisotopic (exact) mass is 374 g/mol. The minimum Gasteiger partial charge on any atom is -0.368 e. The van der Waals surface area contributed by atoms with Crippen molar-refractivity contribution in [2.75, 3.05) is 31.1 Å². The number of anilines is 1. The summed E-state index contributed by atoms with van der Waals surface area (Å²) in [4.78, 5) is 17.0. The molecular formula is C23H26N4O. The summed E-state index contributed by atoms with van der Waals surface area (Å²) in [5, 5.41) is 4.40. The highest BCUT2D eigenvalue weighted by molar-refractivity contribution is 5.76. The average molecular weight is 374 g/mol. The fourth-order valence-electron chi connectivity index (χ4n) is 3.79. The van der Waals surface area contributed by atoms with Gasteiger partial charge in [0.1, 0.15) is 6.54 Å². The molecule has 0 saturated carbocycles. The van der Waals surface area contributed by atoms with E-state index >= 15 is 0 Å². The van der Waals surface area contributed by atoms with Crippen LogP contribution in [0.15, 0.2) is 60.7 Å². The Kier molecular flexibility index (Phi) is 5.15. The number of rotatable bonds is 4. The second-order valence-corrected chi connectivity index (χ2v) is 7.37. The molecule has 1 saturated heterocycles. The molecule has 1 aromatic heterocycles. The molecule has 0 aliphatic carbocycles. The van der Waals surface area contributed by atoms with Gasteiger partial charge in [-0.25, -0.2) is 0 Å². The quantitative estimate of drug-likeness (QED) is 0.702. The van der Waals surface area contributed by atoms with Crippen LogP contribution in [0.4, 0.5) is 5.69 Å². The van der Waals surface area contributed by atoms with Crippen molar-refractivity contribution in [2.45, 2.75) is 20.4 Å². The Hall–Kier alpha value is -3.08. The van der Waals surface area contributed by atoms with E-state index in [0.717, 1.165) is 37.6 Å². The van der Waals surface area contributed by atoms with Crippen LogP contribution in [0.5, 0.6) is 0 Å². The lowest BCUT2D eigenvalue weighted by atomic mass is 10.0. The van der Waals surface area contributed by atoms with E-state index in [2.05, 4.69) is 58.5 Å². The van der Waals surface area contributed by atoms with Gasteiger partial charge in [-0.3, -0.25) is 9.48 Å². The zero-order valence-electron chi connectivity index (χ0n) is 16.5. The Morgan fingerprint density at radius 3 is 2.29 bits per heavy atom. The van der Waals surface area contributed by atoms with Crippen molar-refractivity contribution in [3.8, 4) is 11.1 Å². The van der Waals surface area contributed by atoms with E-state index in [-0.39, 0.29) is 5.91 Å². The van der Waals surface area contributed by atoms with Crippen LogP contribution < -0.4 is 4.90 Å². The van der Waals surface area contributed by atoms with E-state index < -0.39 is 0 Å². The SMILES string of the molecule is Cc1cc(C)n(CC(=O)N2CCN(c3cccc(-c4ccccc4)c3)CC2)n1. The van der Waals surface area contributed by atoms with Gasteiger partial charge in [-0.05, 0) is 43.2 Å². The van der Waals surface area contributed by atoms with Crippen molar-refractivity contribution >= 4 is 11.6 Å². The number of carbonyl (C=O) groups excluding carboxylic acids is 1. The third-order valence-corrected chi connectivity index (χ3v) is 5.34. The first-order chi connectivity index (χ1) is 13.6. The molecule has 1 fully saturated rings. The highest BCUT2D eigenvalue weighted by atomic mass is 16.2. The molecule has 1 amide bonds. The number of amides is 1. The lowest BCUT2D eigenvalue weighted by Crippen LogP contribution is -2.49. The van der Waals surface area contributed by atoms with Crippen molar-refractivity contribution < 1.29 is 4.79 Å². The first-order valence-electron chi connectivity index (χ1n) is 9.79. The minimum atomic E-state index is 0.142. The number of aromatic nitrogens is 2. The molecular weight excluding hydrogens is 348 g/mol. The van der Waals surface area contributed by atoms with Crippen molar-refractivity contribution in [3.05, 3.63) is 72.1 Å². The van der Waals surface area contributed by atoms with Gasteiger partial charge in [-0.2, -0.15) is 5.10 Å². The molecule has 5 nitrogen and oxygen atoms in total. The predicted octanol–water partition coefficient (Wildman–Crippen LogP) is 3.52. The van der Waals surface area contributed by atoms with Crippen molar-refractivity contribution in [2.24, 2.45) is 0 Å². The molecule has 1 aliphatic rings. The highest BCUT2D eigenvalue weighted by Crippen LogP contribution is 2.25. The summed E-state index contributed by atoms with van der Waals surface area (Å²) in [6.07, 6.45) is 0. The Balaban J connectivity index is 1.39. The second-order valence-electron chi connectivity index (χ2n) is 7.37. The molecule has 0 spiro atoms. The van der Waals surface area contributed by atoms with Crippen LogP contribution in [-0.2, 0) is 11.3 Å². The summed E-state index contributed by atoms with van der Waals surface area (Å²) in [5.41, 5.74) is 5.65. The third kappa shape index (κ3) is 3.93. The number of piperazine rings is 1. The van der Waals surface area contributed by atoms with Crippen molar-refractivity contribution in [1.82, 2.24) is 14.7 Å². The van der Waals surface area contributed by atoms with E-state index in [1.165, 1.54) is 16.8 Å². The maximum atomic E-state index is 12.7. The standard InChI is InChI=1S/C23H26N4O/c1-18-15-19(2)27(24-18)17-23(28)26-13-11-25(12-14-26)22-10-6-9-21(16-22)20-7-4-3-5-8-20/h3-10,15-16H,11-14,17H2,1-2H3. The summed E-state index contributed by atoms with van der Waals surface area (Å²) < 4.78 is 1.80. The van der Waals surface area contributed by atoms with Crippen molar-refractivity contribution in [3.63, 3.8) is 0 Å². The molecule has 3 aromatic rings. The number of nitrogens with zero attached hydrogens (tertiary/aromatic N) is 4. The van der Waals surface area contributed by atoms with Crippen LogP contribution in [0.25, 0.3) is 11.1 Å². The number of benzene rings is 2. The molecule has 5 heteroatoms. The van der Waals surface area contributed by atoms with E-state index in [4.69, 9.17) is 0 Å². The van der Waals surface area contributed by atoms with Gasteiger partial charge >= 0.3 is 0 Å². The van der Waals surface area contributed by atoms with E-state index in [1.54, 1.807) is 4.68 Å². The maximum Gasteiger partial charge on any atom is 0.244 e. The van der Waals surface area contributed by atoms with Gasteiger partial charge in [0.05, 0.1) is 5.69 Å². The Morgan fingerprint density at radius 2 is 1.61 bits per heavy atom. The zero-order chi connectivity index (χ0) is 19.5. The van der Waals surface area contributed by atoms with Crippen LogP contribution in [0.2, 0.25) is 0 Å². The van der Waals surface area contributed by atoms with E-state index in [1.807, 2.05) is 30.9 Å². The van der Waals surface area contributed by atoms with E-state index in [0.29, 0.717) is 6.54 Å². The molecule has 1 aliphatic heterocycles. The molecule has 0 atom stereocenters. The summed E-state index contributed by atoms with van der Waals surface area (Å²) >= 11 is 0. The van der Waals surface area contributed by atoms with Gasteiger partial charge in [0, 0.05) is 37.6 Å². The van der Waals surface area contributed by atoms with Gasteiger partial charge in [0.25, 0.3) is 0 Å². The van der Waals surface area contributed by atoms with Gasteiger partial charge in [0.15, 0.2) is 0 Å². The normalized spacial score (nSPS) is 14.4. The number of aryl methyl sites for hydroxylation is 2. The highest BCUT2D eigenvalue weighted by Gasteiger charge is 2.22. The predicted molar refractivity (Wildman–Crippen MR) is 112 cm³/mol. The molecule has 0 unspecified atom stereocenters. The Morgan fingerprint density at radius 1 is 0.893 bits per heavy atom. The number of hydrogen-bond acceptors (Lipinski definition) is 3. The zero-order valence-corrected chi connectivity index (χ0v) is 16.5. The van der Waals surface area contributed by atoms with Gasteiger partial charge in [-0.1, -0.05) is 42.5 Å². The summed E-state index contributed by atoms with van der Waals surface area (Å²) in [5.74, 6) is 0.142. The van der Waals surface area contributed by atoms with Crippen LogP contribution in [0, 0.1) is 13.8 Å². The first-order valence-corrected chi connectivity index (χ1v) is 9.79. The number of carbonyl (C=O) groups is 1. The van der Waals surface area contributed by atoms with Crippen molar-refractivity contribution in [1.29, 1.82) is 0 Å². The topological polar surface area (TPSA) is 41.4 Å². The average Bonchev–Trinajstić information content (AvgIpc) is 3.05. The smallest absolute Gasteiger partial charge is 0.244 e. The minimum absolute atomic E-state index is 0.142. The maximum absolute atomic E-state index is 12.7. The van der Waals surface area contributed by atoms with Gasteiger partial charge < -0.3 is 9.80 Å². The van der Waals surface area contributed by atoms with Crippen LogP contribution >= 0.6 is 0 Å². The molecule has 0 bridgehead atoms. The van der Waals surface area contributed by atoms with E-state index in [9.17, 15) is 4.79 Å². The molecule has 144 valence electrons. The van der Waals surface area contributed by atoms with Crippen LogP contribution in [0.3, 0.4) is 0 Å². The van der Waals surface area contributed by atoms with Crippen LogP contribution in [-0.4, -0.2) is 46.8 Å². The molecule has 0 radical (unpaired) electrons. The fraction of sp³-hybridized carbons (Fsp3) is 0.304. The lowest BCUT2D eigenvalue weighted by Gasteiger charge is -2.36. The summed E-state index contributed by atoms with van der Waals surface area (Å²) in [7, 11) is 0. The summed E-state index contributed by atoms with van der Waals surface area (Å²) in [6.45, 7) is 7.45. The fourth-order valence-corrected chi connectivity index (χ4v) is 3.79. The third-order valence-electron chi connectivity index (χ3n) is 5.34. The Bertz CT molecular complexity index is 956. The summed E-state index contributed by atoms with van der Waals surface area (Å²) in [6, 6.07) is 21.1. The van der Waals surface area contributed by atoms with Gasteiger partial charge in [-0.15, -0.1) is 0 Å². The molecule has 4 rings (SSSR count). The molecule has 2 aromatic carbocycles.